The van der Waals surface area contributed by atoms with Gasteiger partial charge in [0.15, 0.2) is 5.82 Å². The zero-order valence-corrected chi connectivity index (χ0v) is 15.7. The van der Waals surface area contributed by atoms with E-state index in [4.69, 9.17) is 4.52 Å². The van der Waals surface area contributed by atoms with Crippen molar-refractivity contribution in [1.29, 1.82) is 0 Å². The largest absolute Gasteiger partial charge is 0.350 e. The van der Waals surface area contributed by atoms with E-state index >= 15 is 0 Å². The molecule has 1 aromatic carbocycles. The van der Waals surface area contributed by atoms with Gasteiger partial charge < -0.3 is 9.84 Å². The van der Waals surface area contributed by atoms with Crippen molar-refractivity contribution < 1.29 is 9.32 Å². The smallest absolute Gasteiger partial charge is 0.258 e. The molecule has 7 nitrogen and oxygen atoms in total. The molecule has 1 aliphatic rings. The number of pyridine rings is 1. The lowest BCUT2D eigenvalue weighted by molar-refractivity contribution is -0.123. The number of fused-ring (bicyclic) bond motifs is 1. The van der Waals surface area contributed by atoms with Gasteiger partial charge in [0.2, 0.25) is 5.91 Å². The molecule has 2 heterocycles. The topological polar surface area (TPSA) is 90.0 Å². The Hall–Kier alpha value is -2.96. The minimum absolute atomic E-state index is 0.0476. The predicted molar refractivity (Wildman–Crippen MR) is 101 cm³/mol. The third-order valence-corrected chi connectivity index (χ3v) is 4.45. The lowest BCUT2D eigenvalue weighted by atomic mass is 10.1. The Labute approximate surface area is 156 Å². The second kappa shape index (κ2) is 6.33. The Balaban J connectivity index is 1.77. The normalized spacial score (nSPS) is 14.5. The third kappa shape index (κ3) is 3.63. The standard InChI is InChI=1S/C20H22N4O3/c1-20(2,3)22-16(25)11-24-15-7-5-4-6-13(15)14(10-17(24)26)19-21-18(23-27-19)12-8-9-12/h4-7,10,12H,8-9,11H2,1-3H3,(H,22,25). The molecule has 1 N–H and O–H groups in total. The fourth-order valence-electron chi connectivity index (χ4n) is 3.13. The summed E-state index contributed by atoms with van der Waals surface area (Å²) in [6.07, 6.45) is 2.15. The van der Waals surface area contributed by atoms with Gasteiger partial charge in [0.05, 0.1) is 11.1 Å². The number of nitrogens with one attached hydrogen (secondary N) is 1. The third-order valence-electron chi connectivity index (χ3n) is 4.45. The number of para-hydroxylation sites is 1. The summed E-state index contributed by atoms with van der Waals surface area (Å²) in [4.78, 5) is 29.6. The van der Waals surface area contributed by atoms with Crippen molar-refractivity contribution in [1.82, 2.24) is 20.0 Å². The van der Waals surface area contributed by atoms with Gasteiger partial charge in [-0.3, -0.25) is 14.2 Å². The molecule has 0 saturated heterocycles. The van der Waals surface area contributed by atoms with E-state index in [1.165, 1.54) is 10.6 Å². The lowest BCUT2D eigenvalue weighted by Crippen LogP contribution is -2.43. The van der Waals surface area contributed by atoms with Crippen molar-refractivity contribution in [3.63, 3.8) is 0 Å². The minimum Gasteiger partial charge on any atom is -0.350 e. The van der Waals surface area contributed by atoms with E-state index in [1.54, 1.807) is 0 Å². The van der Waals surface area contributed by atoms with Crippen LogP contribution in [0, 0.1) is 0 Å². The van der Waals surface area contributed by atoms with E-state index in [0.717, 1.165) is 18.2 Å². The number of hydrogen-bond acceptors (Lipinski definition) is 5. The molecular formula is C20H22N4O3. The predicted octanol–water partition coefficient (Wildman–Crippen LogP) is 2.84. The highest BCUT2D eigenvalue weighted by Gasteiger charge is 2.29. The van der Waals surface area contributed by atoms with Crippen LogP contribution in [0.5, 0.6) is 0 Å². The first-order chi connectivity index (χ1) is 12.8. The first-order valence-corrected chi connectivity index (χ1v) is 9.09. The van der Waals surface area contributed by atoms with Gasteiger partial charge in [0.25, 0.3) is 11.4 Å². The van der Waals surface area contributed by atoms with Gasteiger partial charge >= 0.3 is 0 Å². The molecule has 1 fully saturated rings. The van der Waals surface area contributed by atoms with Crippen LogP contribution in [0.2, 0.25) is 0 Å². The fraction of sp³-hybridized carbons (Fsp3) is 0.400. The Morgan fingerprint density at radius 1 is 1.30 bits per heavy atom. The van der Waals surface area contributed by atoms with Gasteiger partial charge in [-0.1, -0.05) is 23.4 Å². The first kappa shape index (κ1) is 17.5. The lowest BCUT2D eigenvalue weighted by Gasteiger charge is -2.21. The summed E-state index contributed by atoms with van der Waals surface area (Å²) >= 11 is 0. The zero-order chi connectivity index (χ0) is 19.2. The molecule has 140 valence electrons. The van der Waals surface area contributed by atoms with Crippen LogP contribution in [-0.2, 0) is 11.3 Å². The monoisotopic (exact) mass is 366 g/mol. The highest BCUT2D eigenvalue weighted by molar-refractivity contribution is 5.93. The quantitative estimate of drug-likeness (QED) is 0.767. The van der Waals surface area contributed by atoms with Crippen LogP contribution in [-0.4, -0.2) is 26.2 Å². The number of amides is 1. The summed E-state index contributed by atoms with van der Waals surface area (Å²) in [6, 6.07) is 8.91. The van der Waals surface area contributed by atoms with Gasteiger partial charge in [-0.05, 0) is 39.7 Å². The van der Waals surface area contributed by atoms with Gasteiger partial charge in [-0.2, -0.15) is 4.98 Å². The maximum Gasteiger partial charge on any atom is 0.258 e. The summed E-state index contributed by atoms with van der Waals surface area (Å²) in [6.45, 7) is 5.67. The van der Waals surface area contributed by atoms with Gasteiger partial charge in [0.1, 0.15) is 6.54 Å². The minimum atomic E-state index is -0.362. The van der Waals surface area contributed by atoms with Crippen LogP contribution < -0.4 is 10.9 Å². The van der Waals surface area contributed by atoms with Crippen molar-refractivity contribution in [2.24, 2.45) is 0 Å². The Morgan fingerprint density at radius 3 is 2.74 bits per heavy atom. The number of hydrogen-bond donors (Lipinski definition) is 1. The molecule has 7 heteroatoms. The molecule has 0 spiro atoms. The highest BCUT2D eigenvalue weighted by Crippen LogP contribution is 2.39. The molecule has 27 heavy (non-hydrogen) atoms. The summed E-state index contributed by atoms with van der Waals surface area (Å²) < 4.78 is 6.88. The van der Waals surface area contributed by atoms with Crippen molar-refractivity contribution in [3.8, 4) is 11.5 Å². The SMILES string of the molecule is CC(C)(C)NC(=O)Cn1c(=O)cc(-c2nc(C3CC3)no2)c2ccccc21. The Kier molecular flexibility index (Phi) is 4.09. The second-order valence-corrected chi connectivity index (χ2v) is 8.03. The molecule has 1 amide bonds. The molecule has 0 atom stereocenters. The van der Waals surface area contributed by atoms with E-state index in [1.807, 2.05) is 45.0 Å². The molecular weight excluding hydrogens is 344 g/mol. The van der Waals surface area contributed by atoms with Crippen molar-refractivity contribution >= 4 is 16.8 Å². The number of carbonyl (C=O) groups excluding carboxylic acids is 1. The van der Waals surface area contributed by atoms with Crippen LogP contribution in [0.1, 0.15) is 45.4 Å². The molecule has 1 saturated carbocycles. The van der Waals surface area contributed by atoms with Crippen LogP contribution >= 0.6 is 0 Å². The maximum absolute atomic E-state index is 12.8. The van der Waals surface area contributed by atoms with Crippen molar-refractivity contribution in [3.05, 3.63) is 46.5 Å². The number of rotatable bonds is 4. The molecule has 3 aromatic rings. The van der Waals surface area contributed by atoms with Gasteiger partial charge in [-0.25, -0.2) is 0 Å². The molecule has 2 aromatic heterocycles. The van der Waals surface area contributed by atoms with Crippen LogP contribution in [0.15, 0.2) is 39.6 Å². The summed E-state index contributed by atoms with van der Waals surface area (Å²) in [5, 5.41) is 7.73. The average Bonchev–Trinajstić information content (AvgIpc) is 3.33. The molecule has 0 radical (unpaired) electrons. The van der Waals surface area contributed by atoms with E-state index < -0.39 is 0 Å². The Morgan fingerprint density at radius 2 is 2.04 bits per heavy atom. The number of nitrogens with zero attached hydrogens (tertiary/aromatic N) is 3. The van der Waals surface area contributed by atoms with Crippen LogP contribution in [0.4, 0.5) is 0 Å². The molecule has 4 rings (SSSR count). The molecule has 0 bridgehead atoms. The summed E-state index contributed by atoms with van der Waals surface area (Å²) in [5.74, 6) is 1.20. The highest BCUT2D eigenvalue weighted by atomic mass is 16.5. The van der Waals surface area contributed by atoms with E-state index in [-0.39, 0.29) is 23.6 Å². The van der Waals surface area contributed by atoms with Crippen molar-refractivity contribution in [2.75, 3.05) is 0 Å². The zero-order valence-electron chi connectivity index (χ0n) is 15.7. The maximum atomic E-state index is 12.8. The molecule has 0 aliphatic heterocycles. The van der Waals surface area contributed by atoms with E-state index in [0.29, 0.717) is 28.7 Å². The average molecular weight is 366 g/mol. The van der Waals surface area contributed by atoms with Crippen LogP contribution in [0.25, 0.3) is 22.4 Å². The van der Waals surface area contributed by atoms with Crippen LogP contribution in [0.3, 0.4) is 0 Å². The fourth-order valence-corrected chi connectivity index (χ4v) is 3.13. The Bertz CT molecular complexity index is 1070. The van der Waals surface area contributed by atoms with Gasteiger partial charge in [0, 0.05) is 22.9 Å². The molecule has 0 unspecified atom stereocenters. The number of benzene rings is 1. The molecule has 1 aliphatic carbocycles. The van der Waals surface area contributed by atoms with Gasteiger partial charge in [-0.15, -0.1) is 0 Å². The number of carbonyl (C=O) groups is 1. The summed E-state index contributed by atoms with van der Waals surface area (Å²) in [5.41, 5.74) is 0.621. The van der Waals surface area contributed by atoms with E-state index in [2.05, 4.69) is 15.5 Å². The second-order valence-electron chi connectivity index (χ2n) is 8.03. The van der Waals surface area contributed by atoms with Crippen molar-refractivity contribution in [2.45, 2.75) is 51.6 Å². The van der Waals surface area contributed by atoms with E-state index in [9.17, 15) is 9.59 Å². The first-order valence-electron chi connectivity index (χ1n) is 9.09. The summed E-state index contributed by atoms with van der Waals surface area (Å²) in [7, 11) is 0. The number of aromatic nitrogens is 3.